The average molecular weight is 126 g/mol. The van der Waals surface area contributed by atoms with Crippen LogP contribution in [0.4, 0.5) is 0 Å². The molecule has 0 aromatic rings. The van der Waals surface area contributed by atoms with Gasteiger partial charge in [0.05, 0.1) is 12.2 Å². The summed E-state index contributed by atoms with van der Waals surface area (Å²) >= 11 is 0. The van der Waals surface area contributed by atoms with Crippen LogP contribution in [0.3, 0.4) is 0 Å². The summed E-state index contributed by atoms with van der Waals surface area (Å²) < 4.78 is 5.41. The Morgan fingerprint density at radius 3 is 2.89 bits per heavy atom. The molecular weight excluding hydrogens is 112 g/mol. The molecule has 0 aliphatic carbocycles. The van der Waals surface area contributed by atoms with Gasteiger partial charge in [-0.25, -0.2) is 0 Å². The van der Waals surface area contributed by atoms with Gasteiger partial charge in [-0.05, 0) is 6.42 Å². The normalized spacial score (nSPS) is 33.4. The Kier molecular flexibility index (Phi) is 2.29. The van der Waals surface area contributed by atoms with E-state index in [4.69, 9.17) is 4.74 Å². The van der Waals surface area contributed by atoms with Gasteiger partial charge in [-0.2, -0.15) is 0 Å². The van der Waals surface area contributed by atoms with Crippen molar-refractivity contribution in [2.75, 3.05) is 0 Å². The van der Waals surface area contributed by atoms with Gasteiger partial charge in [0.2, 0.25) is 0 Å². The van der Waals surface area contributed by atoms with E-state index in [1.807, 2.05) is 6.08 Å². The zero-order chi connectivity index (χ0) is 6.69. The van der Waals surface area contributed by atoms with Gasteiger partial charge in [0.1, 0.15) is 0 Å². The second kappa shape index (κ2) is 3.02. The van der Waals surface area contributed by atoms with Crippen molar-refractivity contribution in [1.29, 1.82) is 0 Å². The van der Waals surface area contributed by atoms with Crippen LogP contribution in [0.15, 0.2) is 12.7 Å². The smallest absolute Gasteiger partial charge is 0.0781 e. The predicted octanol–water partition coefficient (Wildman–Crippen LogP) is 2.13. The third kappa shape index (κ3) is 1.55. The lowest BCUT2D eigenvalue weighted by Crippen LogP contribution is -2.35. The van der Waals surface area contributed by atoms with Crippen molar-refractivity contribution in [1.82, 2.24) is 0 Å². The Morgan fingerprint density at radius 2 is 2.44 bits per heavy atom. The molecule has 0 aromatic heterocycles. The van der Waals surface area contributed by atoms with Gasteiger partial charge < -0.3 is 4.74 Å². The van der Waals surface area contributed by atoms with Crippen molar-refractivity contribution in [2.24, 2.45) is 0 Å². The van der Waals surface area contributed by atoms with E-state index in [1.165, 1.54) is 19.3 Å². The highest BCUT2D eigenvalue weighted by molar-refractivity contribution is 4.89. The number of rotatable bonds is 3. The van der Waals surface area contributed by atoms with E-state index in [2.05, 4.69) is 13.5 Å². The molecule has 1 aliphatic rings. The van der Waals surface area contributed by atoms with Gasteiger partial charge >= 0.3 is 0 Å². The molecule has 0 bridgehead atoms. The van der Waals surface area contributed by atoms with Crippen LogP contribution in [0.5, 0.6) is 0 Å². The van der Waals surface area contributed by atoms with Gasteiger partial charge in [0, 0.05) is 6.42 Å². The predicted molar refractivity (Wildman–Crippen MR) is 38.4 cm³/mol. The first-order chi connectivity index (χ1) is 4.36. The van der Waals surface area contributed by atoms with Crippen molar-refractivity contribution >= 4 is 0 Å². The highest BCUT2D eigenvalue weighted by Crippen LogP contribution is 2.24. The van der Waals surface area contributed by atoms with Crippen LogP contribution >= 0.6 is 0 Å². The van der Waals surface area contributed by atoms with Gasteiger partial charge in [-0.1, -0.05) is 19.4 Å². The lowest BCUT2D eigenvalue weighted by molar-refractivity contribution is -0.100. The van der Waals surface area contributed by atoms with Crippen LogP contribution in [0.1, 0.15) is 26.2 Å². The minimum Gasteiger partial charge on any atom is -0.371 e. The van der Waals surface area contributed by atoms with Crippen molar-refractivity contribution in [3.63, 3.8) is 0 Å². The maximum atomic E-state index is 5.41. The van der Waals surface area contributed by atoms with E-state index >= 15 is 0 Å². The Morgan fingerprint density at radius 1 is 1.78 bits per heavy atom. The van der Waals surface area contributed by atoms with Gasteiger partial charge in [0.15, 0.2) is 0 Å². The molecule has 0 spiro atoms. The summed E-state index contributed by atoms with van der Waals surface area (Å²) in [4.78, 5) is 0. The quantitative estimate of drug-likeness (QED) is 0.526. The summed E-state index contributed by atoms with van der Waals surface area (Å²) in [6, 6.07) is 0. The zero-order valence-corrected chi connectivity index (χ0v) is 5.97. The van der Waals surface area contributed by atoms with Crippen molar-refractivity contribution in [3.8, 4) is 0 Å². The Bertz CT molecular complexity index is 92.7. The van der Waals surface area contributed by atoms with Crippen molar-refractivity contribution < 1.29 is 4.74 Å². The molecule has 2 unspecified atom stereocenters. The molecule has 52 valence electrons. The van der Waals surface area contributed by atoms with Crippen LogP contribution in [0.2, 0.25) is 0 Å². The van der Waals surface area contributed by atoms with Crippen LogP contribution in [-0.4, -0.2) is 12.2 Å². The number of hydrogen-bond acceptors (Lipinski definition) is 1. The third-order valence-corrected chi connectivity index (χ3v) is 1.74. The number of ether oxygens (including phenoxy) is 1. The highest BCUT2D eigenvalue weighted by atomic mass is 16.5. The Hall–Kier alpha value is -0.300. The van der Waals surface area contributed by atoms with Crippen LogP contribution in [-0.2, 0) is 4.74 Å². The largest absolute Gasteiger partial charge is 0.371 e. The molecule has 0 amide bonds. The topological polar surface area (TPSA) is 9.23 Å². The van der Waals surface area contributed by atoms with E-state index in [-0.39, 0.29) is 0 Å². The van der Waals surface area contributed by atoms with Crippen molar-refractivity contribution in [3.05, 3.63) is 12.7 Å². The van der Waals surface area contributed by atoms with E-state index in [0.29, 0.717) is 12.2 Å². The fourth-order valence-electron chi connectivity index (χ4n) is 1.15. The van der Waals surface area contributed by atoms with E-state index in [9.17, 15) is 0 Å². The maximum absolute atomic E-state index is 5.41. The second-order valence-corrected chi connectivity index (χ2v) is 2.56. The molecule has 1 rings (SSSR count). The summed E-state index contributed by atoms with van der Waals surface area (Å²) in [7, 11) is 0. The van der Waals surface area contributed by atoms with Gasteiger partial charge in [-0.3, -0.25) is 0 Å². The first-order valence-electron chi connectivity index (χ1n) is 3.64. The van der Waals surface area contributed by atoms with Crippen LogP contribution < -0.4 is 0 Å². The molecule has 0 aromatic carbocycles. The molecule has 1 nitrogen and oxygen atoms in total. The van der Waals surface area contributed by atoms with Crippen LogP contribution in [0, 0.1) is 0 Å². The molecule has 9 heavy (non-hydrogen) atoms. The summed E-state index contributed by atoms with van der Waals surface area (Å²) in [5, 5.41) is 0. The summed E-state index contributed by atoms with van der Waals surface area (Å²) in [5.41, 5.74) is 0. The monoisotopic (exact) mass is 126 g/mol. The van der Waals surface area contributed by atoms with Crippen molar-refractivity contribution in [2.45, 2.75) is 38.4 Å². The lowest BCUT2D eigenvalue weighted by Gasteiger charge is -2.33. The Labute approximate surface area is 56.7 Å². The zero-order valence-electron chi connectivity index (χ0n) is 5.97. The molecule has 1 heterocycles. The van der Waals surface area contributed by atoms with E-state index in [1.54, 1.807) is 0 Å². The molecular formula is C8H14O. The maximum Gasteiger partial charge on any atom is 0.0781 e. The number of hydrogen-bond donors (Lipinski definition) is 0. The lowest BCUT2D eigenvalue weighted by atomic mass is 10.0. The summed E-state index contributed by atoms with van der Waals surface area (Å²) in [6.45, 7) is 5.84. The van der Waals surface area contributed by atoms with E-state index < -0.39 is 0 Å². The fourth-order valence-corrected chi connectivity index (χ4v) is 1.15. The molecule has 1 heteroatoms. The molecule has 2 atom stereocenters. The highest BCUT2D eigenvalue weighted by Gasteiger charge is 2.25. The molecule has 1 fully saturated rings. The fraction of sp³-hybridized carbons (Fsp3) is 0.750. The van der Waals surface area contributed by atoms with E-state index in [0.717, 1.165) is 0 Å². The Balaban J connectivity index is 2.04. The summed E-state index contributed by atoms with van der Waals surface area (Å²) in [5.74, 6) is 0. The van der Waals surface area contributed by atoms with Gasteiger partial charge in [-0.15, -0.1) is 6.58 Å². The average Bonchev–Trinajstić information content (AvgIpc) is 1.77. The third-order valence-electron chi connectivity index (χ3n) is 1.74. The minimum absolute atomic E-state index is 0.363. The first-order valence-corrected chi connectivity index (χ1v) is 3.64. The molecule has 1 saturated heterocycles. The SMILES string of the molecule is C=CC1CC(CCC)O1. The molecule has 0 N–H and O–H groups in total. The molecule has 0 saturated carbocycles. The van der Waals surface area contributed by atoms with Gasteiger partial charge in [0.25, 0.3) is 0 Å². The molecule has 0 radical (unpaired) electrons. The van der Waals surface area contributed by atoms with Crippen LogP contribution in [0.25, 0.3) is 0 Å². The molecule has 1 aliphatic heterocycles. The first kappa shape index (κ1) is 6.81. The summed E-state index contributed by atoms with van der Waals surface area (Å²) in [6.07, 6.45) is 6.42. The second-order valence-electron chi connectivity index (χ2n) is 2.56. The standard InChI is InChI=1S/C8H14O/c1-3-5-8-6-7(4-2)9-8/h4,7-8H,2-3,5-6H2,1H3. The minimum atomic E-state index is 0.363.